The zero-order valence-electron chi connectivity index (χ0n) is 17.3. The Hall–Kier alpha value is -3.79. The number of hydrogen-bond donors (Lipinski definition) is 1. The molecule has 1 aliphatic rings. The molecule has 1 N–H and O–H groups in total. The molecule has 32 heavy (non-hydrogen) atoms. The Morgan fingerprint density at radius 1 is 1.09 bits per heavy atom. The molecule has 0 aliphatic carbocycles. The third-order valence-corrected chi connectivity index (χ3v) is 5.86. The molecule has 0 spiro atoms. The van der Waals surface area contributed by atoms with E-state index in [1.165, 1.54) is 31.3 Å². The number of methoxy groups -OCH3 is 2. The van der Waals surface area contributed by atoms with E-state index in [-0.39, 0.29) is 22.0 Å². The highest BCUT2D eigenvalue weighted by molar-refractivity contribution is 7.15. The van der Waals surface area contributed by atoms with Crippen molar-refractivity contribution in [1.29, 1.82) is 0 Å². The first-order valence-corrected chi connectivity index (χ1v) is 10.3. The van der Waals surface area contributed by atoms with Crippen LogP contribution in [-0.2, 0) is 9.59 Å². The number of anilines is 1. The summed E-state index contributed by atoms with van der Waals surface area (Å²) in [5, 5.41) is 19.8. The van der Waals surface area contributed by atoms with Crippen LogP contribution in [0.2, 0.25) is 0 Å². The number of aliphatic hydroxyl groups excluding tert-OH is 1. The van der Waals surface area contributed by atoms with E-state index in [0.29, 0.717) is 16.3 Å². The van der Waals surface area contributed by atoms with Crippen LogP contribution >= 0.6 is 11.3 Å². The maximum Gasteiger partial charge on any atom is 0.301 e. The average molecular weight is 455 g/mol. The first-order valence-electron chi connectivity index (χ1n) is 9.45. The number of aromatic nitrogens is 2. The summed E-state index contributed by atoms with van der Waals surface area (Å²) in [5.41, 5.74) is 0.268. The molecule has 1 saturated heterocycles. The van der Waals surface area contributed by atoms with Gasteiger partial charge in [0.2, 0.25) is 5.13 Å². The number of Topliss-reactive ketones (excluding diaryl/α,β-unsaturated/α-hetero) is 1. The molecule has 1 aromatic heterocycles. The summed E-state index contributed by atoms with van der Waals surface area (Å²) >= 11 is 1.13. The normalized spacial score (nSPS) is 17.6. The van der Waals surface area contributed by atoms with E-state index >= 15 is 0 Å². The average Bonchev–Trinajstić information content (AvgIpc) is 3.33. The van der Waals surface area contributed by atoms with Gasteiger partial charge in [0, 0.05) is 11.1 Å². The lowest BCUT2D eigenvalue weighted by Crippen LogP contribution is -2.29. The van der Waals surface area contributed by atoms with Crippen LogP contribution in [0.1, 0.15) is 22.2 Å². The molecular weight excluding hydrogens is 437 g/mol. The number of ketones is 1. The number of para-hydroxylation sites is 1. The van der Waals surface area contributed by atoms with Crippen LogP contribution in [0, 0.1) is 12.7 Å². The highest BCUT2D eigenvalue weighted by atomic mass is 32.1. The molecule has 1 fully saturated rings. The third kappa shape index (κ3) is 3.48. The van der Waals surface area contributed by atoms with Crippen molar-refractivity contribution >= 4 is 33.9 Å². The Balaban J connectivity index is 1.97. The van der Waals surface area contributed by atoms with Gasteiger partial charge in [-0.05, 0) is 31.2 Å². The molecule has 0 bridgehead atoms. The summed E-state index contributed by atoms with van der Waals surface area (Å²) in [4.78, 5) is 27.3. The fraction of sp³-hybridized carbons (Fsp3) is 0.182. The number of aryl methyl sites for hydroxylation is 1. The molecule has 0 unspecified atom stereocenters. The van der Waals surface area contributed by atoms with Crippen LogP contribution in [0.15, 0.2) is 48.0 Å². The fourth-order valence-electron chi connectivity index (χ4n) is 3.57. The van der Waals surface area contributed by atoms with Crippen molar-refractivity contribution in [2.45, 2.75) is 13.0 Å². The summed E-state index contributed by atoms with van der Waals surface area (Å²) < 4.78 is 24.6. The topological polar surface area (TPSA) is 102 Å². The van der Waals surface area contributed by atoms with Gasteiger partial charge in [-0.1, -0.05) is 29.5 Å². The number of halogens is 1. The Kier molecular flexibility index (Phi) is 5.62. The van der Waals surface area contributed by atoms with Gasteiger partial charge in [-0.3, -0.25) is 14.5 Å². The molecule has 0 radical (unpaired) electrons. The number of carbonyl (C=O) groups excluding carboxylic acids is 2. The number of carbonyl (C=O) groups is 2. The van der Waals surface area contributed by atoms with Gasteiger partial charge in [-0.2, -0.15) is 0 Å². The smallest absolute Gasteiger partial charge is 0.301 e. The van der Waals surface area contributed by atoms with Crippen LogP contribution in [0.5, 0.6) is 11.5 Å². The van der Waals surface area contributed by atoms with Crippen molar-refractivity contribution in [3.63, 3.8) is 0 Å². The maximum atomic E-state index is 14.3. The predicted molar refractivity (Wildman–Crippen MR) is 115 cm³/mol. The van der Waals surface area contributed by atoms with Crippen molar-refractivity contribution in [2.75, 3.05) is 19.1 Å². The standard InChI is InChI=1S/C22H18FN3O5S/c1-11-24-25-22(32-11)26-18(13-6-4-5-7-15(13)30-2)17(20(28)21(26)29)19(27)12-8-9-16(31-3)14(23)10-12/h4-10,18,27H,1-3H3/t18-/m0/s1. The van der Waals surface area contributed by atoms with E-state index < -0.39 is 29.3 Å². The minimum Gasteiger partial charge on any atom is -0.507 e. The van der Waals surface area contributed by atoms with Crippen LogP contribution in [0.4, 0.5) is 9.52 Å². The van der Waals surface area contributed by atoms with E-state index in [1.807, 2.05) is 0 Å². The molecule has 1 atom stereocenters. The highest BCUT2D eigenvalue weighted by Gasteiger charge is 2.49. The Morgan fingerprint density at radius 2 is 1.81 bits per heavy atom. The molecule has 1 aliphatic heterocycles. The van der Waals surface area contributed by atoms with Gasteiger partial charge in [0.1, 0.15) is 22.6 Å². The minimum atomic E-state index is -1.05. The SMILES string of the molecule is COc1ccc(C(O)=C2C(=O)C(=O)N(c3nnc(C)s3)[C@H]2c2ccccc2OC)cc1F. The third-order valence-electron chi connectivity index (χ3n) is 5.02. The minimum absolute atomic E-state index is 0.0207. The van der Waals surface area contributed by atoms with E-state index in [1.54, 1.807) is 31.2 Å². The van der Waals surface area contributed by atoms with Gasteiger partial charge >= 0.3 is 5.91 Å². The van der Waals surface area contributed by atoms with Gasteiger partial charge in [-0.25, -0.2) is 4.39 Å². The molecule has 4 rings (SSSR count). The molecular formula is C22H18FN3O5S. The lowest BCUT2D eigenvalue weighted by Gasteiger charge is -2.24. The second-order valence-electron chi connectivity index (χ2n) is 6.86. The molecule has 3 aromatic rings. The maximum absolute atomic E-state index is 14.3. The van der Waals surface area contributed by atoms with E-state index in [2.05, 4.69) is 10.2 Å². The van der Waals surface area contributed by atoms with Crippen molar-refractivity contribution < 1.29 is 28.6 Å². The van der Waals surface area contributed by atoms with Gasteiger partial charge in [-0.15, -0.1) is 10.2 Å². The number of benzene rings is 2. The molecule has 10 heteroatoms. The second-order valence-corrected chi connectivity index (χ2v) is 8.02. The summed E-state index contributed by atoms with van der Waals surface area (Å²) in [7, 11) is 2.77. The molecule has 1 amide bonds. The molecule has 8 nitrogen and oxygen atoms in total. The van der Waals surface area contributed by atoms with Crippen LogP contribution in [0.25, 0.3) is 5.76 Å². The second kappa shape index (κ2) is 8.39. The predicted octanol–water partition coefficient (Wildman–Crippen LogP) is 3.63. The number of ether oxygens (including phenoxy) is 2. The van der Waals surface area contributed by atoms with Crippen molar-refractivity contribution in [3.05, 3.63) is 70.0 Å². The highest BCUT2D eigenvalue weighted by Crippen LogP contribution is 2.45. The number of rotatable bonds is 5. The number of nitrogens with zero attached hydrogens (tertiary/aromatic N) is 3. The lowest BCUT2D eigenvalue weighted by atomic mass is 9.94. The summed E-state index contributed by atoms with van der Waals surface area (Å²) in [5.74, 6) is -2.68. The zero-order valence-corrected chi connectivity index (χ0v) is 18.1. The summed E-state index contributed by atoms with van der Waals surface area (Å²) in [6.45, 7) is 1.72. The Labute approximate surface area is 186 Å². The summed E-state index contributed by atoms with van der Waals surface area (Å²) in [6, 6.07) is 9.52. The van der Waals surface area contributed by atoms with Gasteiger partial charge in [0.15, 0.2) is 11.6 Å². The number of hydrogen-bond acceptors (Lipinski definition) is 8. The van der Waals surface area contributed by atoms with Crippen LogP contribution < -0.4 is 14.4 Å². The zero-order chi connectivity index (χ0) is 23.0. The summed E-state index contributed by atoms with van der Waals surface area (Å²) in [6.07, 6.45) is 0. The monoisotopic (exact) mass is 455 g/mol. The quantitative estimate of drug-likeness (QED) is 0.356. The van der Waals surface area contributed by atoms with E-state index in [4.69, 9.17) is 9.47 Å². The molecule has 2 aromatic carbocycles. The van der Waals surface area contributed by atoms with Crippen LogP contribution in [0.3, 0.4) is 0 Å². The number of amides is 1. The van der Waals surface area contributed by atoms with E-state index in [9.17, 15) is 19.1 Å². The van der Waals surface area contributed by atoms with Gasteiger partial charge in [0.05, 0.1) is 19.8 Å². The van der Waals surface area contributed by atoms with Crippen molar-refractivity contribution in [3.8, 4) is 11.5 Å². The lowest BCUT2D eigenvalue weighted by molar-refractivity contribution is -0.132. The largest absolute Gasteiger partial charge is 0.507 e. The fourth-order valence-corrected chi connectivity index (χ4v) is 4.28. The van der Waals surface area contributed by atoms with Gasteiger partial charge < -0.3 is 14.6 Å². The number of aliphatic hydroxyl groups is 1. The first kappa shape index (κ1) is 21.4. The van der Waals surface area contributed by atoms with Crippen LogP contribution in [-0.4, -0.2) is 41.2 Å². The van der Waals surface area contributed by atoms with E-state index in [0.717, 1.165) is 17.4 Å². The molecule has 164 valence electrons. The van der Waals surface area contributed by atoms with Crippen molar-refractivity contribution in [1.82, 2.24) is 10.2 Å². The van der Waals surface area contributed by atoms with Crippen molar-refractivity contribution in [2.24, 2.45) is 0 Å². The Morgan fingerprint density at radius 3 is 2.44 bits per heavy atom. The Bertz CT molecular complexity index is 1260. The van der Waals surface area contributed by atoms with Gasteiger partial charge in [0.25, 0.3) is 5.78 Å². The first-order chi connectivity index (χ1) is 15.4. The molecule has 0 saturated carbocycles. The molecule has 2 heterocycles.